The fourth-order valence-electron chi connectivity index (χ4n) is 2.49. The second-order valence-corrected chi connectivity index (χ2v) is 5.51. The van der Waals surface area contributed by atoms with Crippen LogP contribution < -0.4 is 10.1 Å². The molecule has 0 radical (unpaired) electrons. The molecular formula is C18H21F2N3O2. The maximum atomic E-state index is 12.5. The lowest BCUT2D eigenvalue weighted by atomic mass is 10.1. The van der Waals surface area contributed by atoms with Crippen LogP contribution in [0.25, 0.3) is 0 Å². The number of rotatable bonds is 7. The summed E-state index contributed by atoms with van der Waals surface area (Å²) in [6.45, 7) is -0.876. The Morgan fingerprint density at radius 3 is 2.72 bits per heavy atom. The molecule has 2 rings (SSSR count). The Morgan fingerprint density at radius 2 is 2.08 bits per heavy atom. The number of aromatic nitrogens is 1. The molecule has 0 saturated heterocycles. The Morgan fingerprint density at radius 1 is 1.28 bits per heavy atom. The number of anilines is 1. The number of carbonyl (C=O) groups is 1. The quantitative estimate of drug-likeness (QED) is 0.789. The fourth-order valence-corrected chi connectivity index (χ4v) is 2.49. The molecule has 0 fully saturated rings. The van der Waals surface area contributed by atoms with Gasteiger partial charge < -0.3 is 15.0 Å². The summed E-state index contributed by atoms with van der Waals surface area (Å²) in [6, 6.07) is 11.0. The molecule has 1 N–H and O–H groups in total. The summed E-state index contributed by atoms with van der Waals surface area (Å²) in [7, 11) is 1.68. The highest BCUT2D eigenvalue weighted by Gasteiger charge is 2.22. The van der Waals surface area contributed by atoms with Crippen molar-refractivity contribution in [2.45, 2.75) is 32.4 Å². The van der Waals surface area contributed by atoms with E-state index in [1.165, 1.54) is 18.2 Å². The Hall–Kier alpha value is -2.70. The topological polar surface area (TPSA) is 54.5 Å². The number of nitrogens with zero attached hydrogens (tertiary/aromatic N) is 2. The van der Waals surface area contributed by atoms with Crippen molar-refractivity contribution in [1.29, 1.82) is 0 Å². The van der Waals surface area contributed by atoms with E-state index in [-0.39, 0.29) is 17.8 Å². The van der Waals surface area contributed by atoms with Gasteiger partial charge in [-0.25, -0.2) is 4.79 Å². The Labute approximate surface area is 145 Å². The molecule has 0 unspecified atom stereocenters. The van der Waals surface area contributed by atoms with Crippen molar-refractivity contribution in [3.63, 3.8) is 0 Å². The summed E-state index contributed by atoms with van der Waals surface area (Å²) >= 11 is 0. The van der Waals surface area contributed by atoms with Crippen LogP contribution in [0.15, 0.2) is 48.7 Å². The van der Waals surface area contributed by atoms with Crippen LogP contribution in [0.4, 0.5) is 19.3 Å². The third-order valence-corrected chi connectivity index (χ3v) is 3.69. The van der Waals surface area contributed by atoms with Crippen LogP contribution in [-0.4, -0.2) is 29.6 Å². The minimum absolute atomic E-state index is 0.00899. The van der Waals surface area contributed by atoms with Gasteiger partial charge in [-0.2, -0.15) is 8.78 Å². The van der Waals surface area contributed by atoms with Crippen molar-refractivity contribution in [1.82, 2.24) is 9.88 Å². The molecule has 7 heteroatoms. The lowest BCUT2D eigenvalue weighted by Crippen LogP contribution is -2.35. The predicted molar refractivity (Wildman–Crippen MR) is 91.7 cm³/mol. The molecule has 2 aromatic rings. The standard InChI is InChI=1S/C18H21F2N3O2/c1-3-7-16(15-10-4-5-11-21-15)23(2)18(24)22-13-8-6-9-14(12-13)25-17(19)20/h4-6,8-12,16-17H,3,7H2,1-2H3,(H,22,24)/t16-/m1/s1. The normalized spacial score (nSPS) is 11.9. The van der Waals surface area contributed by atoms with Gasteiger partial charge in [-0.05, 0) is 30.7 Å². The number of ether oxygens (including phenoxy) is 1. The van der Waals surface area contributed by atoms with Crippen molar-refractivity contribution in [3.05, 3.63) is 54.4 Å². The van der Waals surface area contributed by atoms with Crippen molar-refractivity contribution in [3.8, 4) is 5.75 Å². The average Bonchev–Trinajstić information content (AvgIpc) is 2.59. The van der Waals surface area contributed by atoms with Crippen LogP contribution in [0.3, 0.4) is 0 Å². The number of halogens is 2. The maximum absolute atomic E-state index is 12.5. The van der Waals surface area contributed by atoms with Gasteiger partial charge in [0.05, 0.1) is 11.7 Å². The number of hydrogen-bond acceptors (Lipinski definition) is 3. The van der Waals surface area contributed by atoms with Crippen molar-refractivity contribution >= 4 is 11.7 Å². The monoisotopic (exact) mass is 349 g/mol. The number of carbonyl (C=O) groups excluding carboxylic acids is 1. The second-order valence-electron chi connectivity index (χ2n) is 5.51. The lowest BCUT2D eigenvalue weighted by Gasteiger charge is -2.27. The Balaban J connectivity index is 2.10. The van der Waals surface area contributed by atoms with Gasteiger partial charge in [0.2, 0.25) is 0 Å². The van der Waals surface area contributed by atoms with Crippen LogP contribution in [0.2, 0.25) is 0 Å². The van der Waals surface area contributed by atoms with Crippen LogP contribution >= 0.6 is 0 Å². The molecule has 0 spiro atoms. The van der Waals surface area contributed by atoms with Gasteiger partial charge in [-0.3, -0.25) is 4.98 Å². The minimum atomic E-state index is -2.91. The number of amides is 2. The summed E-state index contributed by atoms with van der Waals surface area (Å²) in [4.78, 5) is 18.4. The van der Waals surface area contributed by atoms with E-state index in [2.05, 4.69) is 15.0 Å². The van der Waals surface area contributed by atoms with E-state index in [0.29, 0.717) is 5.69 Å². The SMILES string of the molecule is CCC[C@H](c1ccccn1)N(C)C(=O)Nc1cccc(OC(F)F)c1. The maximum Gasteiger partial charge on any atom is 0.387 e. The molecule has 0 aliphatic rings. The number of alkyl halides is 2. The number of nitrogens with one attached hydrogen (secondary N) is 1. The highest BCUT2D eigenvalue weighted by atomic mass is 19.3. The first-order chi connectivity index (χ1) is 12.0. The first-order valence-corrected chi connectivity index (χ1v) is 8.01. The summed E-state index contributed by atoms with van der Waals surface area (Å²) in [5.74, 6) is -0.00899. The largest absolute Gasteiger partial charge is 0.435 e. The molecule has 0 bridgehead atoms. The molecule has 1 aromatic heterocycles. The smallest absolute Gasteiger partial charge is 0.387 e. The summed E-state index contributed by atoms with van der Waals surface area (Å²) in [5.41, 5.74) is 1.18. The highest BCUT2D eigenvalue weighted by Crippen LogP contribution is 2.24. The van der Waals surface area contributed by atoms with Gasteiger partial charge in [-0.15, -0.1) is 0 Å². The van der Waals surface area contributed by atoms with Gasteiger partial charge in [0.1, 0.15) is 5.75 Å². The predicted octanol–water partition coefficient (Wildman–Crippen LogP) is 4.69. The third kappa shape index (κ3) is 5.41. The summed E-state index contributed by atoms with van der Waals surface area (Å²) in [6.07, 6.45) is 3.33. The average molecular weight is 349 g/mol. The van der Waals surface area contributed by atoms with Crippen molar-refractivity contribution in [2.75, 3.05) is 12.4 Å². The number of hydrogen-bond donors (Lipinski definition) is 1. The zero-order chi connectivity index (χ0) is 18.2. The highest BCUT2D eigenvalue weighted by molar-refractivity contribution is 5.89. The number of benzene rings is 1. The number of pyridine rings is 1. The third-order valence-electron chi connectivity index (χ3n) is 3.69. The molecular weight excluding hydrogens is 328 g/mol. The van der Waals surface area contributed by atoms with Gasteiger partial charge >= 0.3 is 12.6 Å². The summed E-state index contributed by atoms with van der Waals surface area (Å²) in [5, 5.41) is 2.70. The van der Waals surface area contributed by atoms with Gasteiger partial charge in [0, 0.05) is 25.0 Å². The van der Waals surface area contributed by atoms with Gasteiger partial charge in [0.25, 0.3) is 0 Å². The first kappa shape index (κ1) is 18.6. The fraction of sp³-hybridized carbons (Fsp3) is 0.333. The lowest BCUT2D eigenvalue weighted by molar-refractivity contribution is -0.0497. The van der Waals surface area contributed by atoms with E-state index in [1.54, 1.807) is 24.2 Å². The van der Waals surface area contributed by atoms with E-state index < -0.39 is 6.61 Å². The van der Waals surface area contributed by atoms with Crippen LogP contribution in [0.5, 0.6) is 5.75 Å². The minimum Gasteiger partial charge on any atom is -0.435 e. The van der Waals surface area contributed by atoms with E-state index in [4.69, 9.17) is 0 Å². The Bertz CT molecular complexity index is 683. The molecule has 1 aromatic carbocycles. The van der Waals surface area contributed by atoms with Crippen LogP contribution in [0.1, 0.15) is 31.5 Å². The molecule has 134 valence electrons. The van der Waals surface area contributed by atoms with E-state index >= 15 is 0 Å². The van der Waals surface area contributed by atoms with Crippen LogP contribution in [0, 0.1) is 0 Å². The van der Waals surface area contributed by atoms with Crippen LogP contribution in [-0.2, 0) is 0 Å². The van der Waals surface area contributed by atoms with E-state index in [1.807, 2.05) is 25.1 Å². The molecule has 25 heavy (non-hydrogen) atoms. The van der Waals surface area contributed by atoms with Crippen molar-refractivity contribution in [2.24, 2.45) is 0 Å². The molecule has 1 atom stereocenters. The first-order valence-electron chi connectivity index (χ1n) is 8.01. The molecule has 2 amide bonds. The zero-order valence-corrected chi connectivity index (χ0v) is 14.2. The molecule has 0 aliphatic heterocycles. The van der Waals surface area contributed by atoms with E-state index in [9.17, 15) is 13.6 Å². The van der Waals surface area contributed by atoms with E-state index in [0.717, 1.165) is 18.5 Å². The van der Waals surface area contributed by atoms with Crippen molar-refractivity contribution < 1.29 is 18.3 Å². The second kappa shape index (κ2) is 8.96. The zero-order valence-electron chi connectivity index (χ0n) is 14.2. The van der Waals surface area contributed by atoms with Gasteiger partial charge in [-0.1, -0.05) is 25.5 Å². The molecule has 1 heterocycles. The number of urea groups is 1. The molecule has 5 nitrogen and oxygen atoms in total. The van der Waals surface area contributed by atoms with Gasteiger partial charge in [0.15, 0.2) is 0 Å². The molecule has 0 saturated carbocycles. The molecule has 0 aliphatic carbocycles. The Kier molecular flexibility index (Phi) is 6.68. The summed E-state index contributed by atoms with van der Waals surface area (Å²) < 4.78 is 28.9.